The van der Waals surface area contributed by atoms with Crippen LogP contribution in [-0.4, -0.2) is 58.4 Å². The van der Waals surface area contributed by atoms with E-state index in [1.807, 2.05) is 47.4 Å². The maximum absolute atomic E-state index is 13.2. The van der Waals surface area contributed by atoms with Crippen molar-refractivity contribution < 1.29 is 28.5 Å². The van der Waals surface area contributed by atoms with Crippen LogP contribution in [0.15, 0.2) is 48.5 Å². The quantitative estimate of drug-likeness (QED) is 0.474. The number of carbonyl (C=O) groups excluding carboxylic acids is 1. The first-order valence-electron chi connectivity index (χ1n) is 11.4. The second-order valence-corrected chi connectivity index (χ2v) is 9.24. The number of fused-ring (bicyclic) bond motifs is 1. The van der Waals surface area contributed by atoms with Crippen molar-refractivity contribution in [2.24, 2.45) is 0 Å². The molecule has 0 N–H and O–H groups in total. The van der Waals surface area contributed by atoms with Gasteiger partial charge in [0.1, 0.15) is 30.5 Å². The molecule has 0 aliphatic carbocycles. The third-order valence-electron chi connectivity index (χ3n) is 6.18. The van der Waals surface area contributed by atoms with Gasteiger partial charge in [-0.2, -0.15) is 0 Å². The number of methoxy groups -OCH3 is 3. The van der Waals surface area contributed by atoms with Crippen molar-refractivity contribution in [2.45, 2.75) is 6.42 Å². The molecule has 3 heterocycles. The maximum atomic E-state index is 13.2. The normalized spacial score (nSPS) is 14.8. The molecular weight excluding hydrogens is 466 g/mol. The van der Waals surface area contributed by atoms with E-state index in [0.29, 0.717) is 54.8 Å². The molecule has 0 bridgehead atoms. The monoisotopic (exact) mass is 493 g/mol. The van der Waals surface area contributed by atoms with Gasteiger partial charge in [0, 0.05) is 30.1 Å². The van der Waals surface area contributed by atoms with E-state index in [9.17, 15) is 4.79 Å². The molecule has 2 aromatic carbocycles. The van der Waals surface area contributed by atoms with Crippen LogP contribution in [0.3, 0.4) is 0 Å². The van der Waals surface area contributed by atoms with Gasteiger partial charge in [-0.05, 0) is 47.9 Å². The fourth-order valence-electron chi connectivity index (χ4n) is 4.36. The first-order chi connectivity index (χ1) is 17.1. The van der Waals surface area contributed by atoms with Gasteiger partial charge in [-0.1, -0.05) is 6.08 Å². The lowest BCUT2D eigenvalue weighted by molar-refractivity contribution is 0.0777. The summed E-state index contributed by atoms with van der Waals surface area (Å²) < 4.78 is 27.9. The van der Waals surface area contributed by atoms with Gasteiger partial charge in [0.2, 0.25) is 0 Å². The number of ether oxygens (including phenoxy) is 5. The first kappa shape index (κ1) is 23.1. The summed E-state index contributed by atoms with van der Waals surface area (Å²) in [5.41, 5.74) is 3.01. The largest absolute Gasteiger partial charge is 0.496 e. The lowest BCUT2D eigenvalue weighted by Crippen LogP contribution is -2.34. The molecule has 3 aromatic rings. The Morgan fingerprint density at radius 2 is 1.66 bits per heavy atom. The number of hydrogen-bond acceptors (Lipinski definition) is 7. The van der Waals surface area contributed by atoms with Crippen LogP contribution in [0.4, 0.5) is 0 Å². The molecule has 5 rings (SSSR count). The molecule has 2 aliphatic rings. The van der Waals surface area contributed by atoms with Crippen molar-refractivity contribution in [3.8, 4) is 39.2 Å². The highest BCUT2D eigenvalue weighted by Crippen LogP contribution is 2.41. The molecular formula is C27H27NO6S. The molecule has 1 aromatic heterocycles. The molecule has 0 spiro atoms. The van der Waals surface area contributed by atoms with E-state index in [4.69, 9.17) is 23.7 Å². The Morgan fingerprint density at radius 1 is 0.914 bits per heavy atom. The van der Waals surface area contributed by atoms with Crippen LogP contribution in [0, 0.1) is 0 Å². The van der Waals surface area contributed by atoms with E-state index in [2.05, 4.69) is 6.08 Å². The van der Waals surface area contributed by atoms with Gasteiger partial charge in [0.05, 0.1) is 31.8 Å². The third kappa shape index (κ3) is 4.53. The van der Waals surface area contributed by atoms with E-state index >= 15 is 0 Å². The molecule has 7 nitrogen and oxygen atoms in total. The minimum atomic E-state index is 0.0303. The zero-order valence-corrected chi connectivity index (χ0v) is 20.8. The Balaban J connectivity index is 1.33. The summed E-state index contributed by atoms with van der Waals surface area (Å²) in [6.07, 6.45) is 2.77. The third-order valence-corrected chi connectivity index (χ3v) is 7.30. The number of thiophene rings is 1. The summed E-state index contributed by atoms with van der Waals surface area (Å²) in [5, 5.41) is 0. The number of benzene rings is 2. The van der Waals surface area contributed by atoms with Crippen LogP contribution in [0.1, 0.15) is 21.7 Å². The Kier molecular flexibility index (Phi) is 6.55. The molecule has 182 valence electrons. The number of hydrogen-bond donors (Lipinski definition) is 0. The van der Waals surface area contributed by atoms with Crippen LogP contribution in [0.2, 0.25) is 0 Å². The number of carbonyl (C=O) groups is 1. The Labute approximate surface area is 208 Å². The Hall–Kier alpha value is -3.65. The molecule has 0 saturated carbocycles. The zero-order chi connectivity index (χ0) is 24.4. The van der Waals surface area contributed by atoms with E-state index < -0.39 is 0 Å². The highest BCUT2D eigenvalue weighted by Gasteiger charge is 2.25. The molecule has 0 radical (unpaired) electrons. The minimum absolute atomic E-state index is 0.0303. The summed E-state index contributed by atoms with van der Waals surface area (Å²) in [5.74, 6) is 3.58. The predicted octanol–water partition coefficient (Wildman–Crippen LogP) is 5.14. The van der Waals surface area contributed by atoms with E-state index in [1.54, 1.807) is 21.3 Å². The van der Waals surface area contributed by atoms with Gasteiger partial charge in [-0.15, -0.1) is 11.3 Å². The van der Waals surface area contributed by atoms with Crippen molar-refractivity contribution in [3.05, 3.63) is 59.0 Å². The molecule has 0 fully saturated rings. The standard InChI is InChI=1S/C27H27NO6S/c1-30-19-15-22(31-2)26(23(16-19)32-3)17-8-10-28(11-9-17)27(29)25-7-6-24(35-25)18-4-5-20-21(14-18)34-13-12-33-20/h4-8,14-16H,9-13H2,1-3H3. The number of rotatable bonds is 6. The highest BCUT2D eigenvalue weighted by atomic mass is 32.1. The van der Waals surface area contributed by atoms with Crippen LogP contribution >= 0.6 is 11.3 Å². The van der Waals surface area contributed by atoms with Crippen LogP contribution in [-0.2, 0) is 0 Å². The van der Waals surface area contributed by atoms with Crippen LogP contribution < -0.4 is 23.7 Å². The van der Waals surface area contributed by atoms with Gasteiger partial charge in [0.25, 0.3) is 5.91 Å². The van der Waals surface area contributed by atoms with Crippen molar-refractivity contribution in [3.63, 3.8) is 0 Å². The summed E-state index contributed by atoms with van der Waals surface area (Å²) in [6.45, 7) is 2.24. The molecule has 1 amide bonds. The minimum Gasteiger partial charge on any atom is -0.496 e. The molecule has 8 heteroatoms. The van der Waals surface area contributed by atoms with E-state index in [0.717, 1.165) is 33.1 Å². The van der Waals surface area contributed by atoms with Crippen LogP contribution in [0.5, 0.6) is 28.7 Å². The second kappa shape index (κ2) is 9.92. The maximum Gasteiger partial charge on any atom is 0.264 e. The van der Waals surface area contributed by atoms with E-state index in [-0.39, 0.29) is 5.91 Å². The fraction of sp³-hybridized carbons (Fsp3) is 0.296. The second-order valence-electron chi connectivity index (χ2n) is 8.16. The van der Waals surface area contributed by atoms with Gasteiger partial charge < -0.3 is 28.6 Å². The number of nitrogens with zero attached hydrogens (tertiary/aromatic N) is 1. The number of amides is 1. The predicted molar refractivity (Wildman–Crippen MR) is 135 cm³/mol. The van der Waals surface area contributed by atoms with Crippen molar-refractivity contribution in [1.29, 1.82) is 0 Å². The molecule has 0 saturated heterocycles. The molecule has 2 aliphatic heterocycles. The summed E-state index contributed by atoms with van der Waals surface area (Å²) in [4.78, 5) is 16.8. The molecule has 35 heavy (non-hydrogen) atoms. The van der Waals surface area contributed by atoms with E-state index in [1.165, 1.54) is 11.3 Å². The van der Waals surface area contributed by atoms with Gasteiger partial charge in [-0.3, -0.25) is 4.79 Å². The Morgan fingerprint density at radius 3 is 2.31 bits per heavy atom. The highest BCUT2D eigenvalue weighted by molar-refractivity contribution is 7.17. The summed E-state index contributed by atoms with van der Waals surface area (Å²) in [6, 6.07) is 13.5. The zero-order valence-electron chi connectivity index (χ0n) is 20.0. The topological polar surface area (TPSA) is 66.5 Å². The first-order valence-corrected chi connectivity index (χ1v) is 12.2. The van der Waals surface area contributed by atoms with Gasteiger partial charge in [0.15, 0.2) is 11.5 Å². The SMILES string of the molecule is COc1cc(OC)c(C2=CCN(C(=O)c3ccc(-c4ccc5c(c4)OCCO5)s3)CC2)c(OC)c1. The lowest BCUT2D eigenvalue weighted by atomic mass is 9.97. The summed E-state index contributed by atoms with van der Waals surface area (Å²) in [7, 11) is 4.88. The van der Waals surface area contributed by atoms with Crippen molar-refractivity contribution in [2.75, 3.05) is 47.6 Å². The fourth-order valence-corrected chi connectivity index (χ4v) is 5.33. The van der Waals surface area contributed by atoms with Crippen molar-refractivity contribution >= 4 is 22.8 Å². The molecule has 0 unspecified atom stereocenters. The van der Waals surface area contributed by atoms with Crippen LogP contribution in [0.25, 0.3) is 16.0 Å². The lowest BCUT2D eigenvalue weighted by Gasteiger charge is -2.27. The Bertz CT molecular complexity index is 1260. The van der Waals surface area contributed by atoms with Gasteiger partial charge in [-0.25, -0.2) is 0 Å². The van der Waals surface area contributed by atoms with Crippen molar-refractivity contribution in [1.82, 2.24) is 4.90 Å². The summed E-state index contributed by atoms with van der Waals surface area (Å²) >= 11 is 1.49. The molecule has 0 atom stereocenters. The average Bonchev–Trinajstić information content (AvgIpc) is 3.42. The smallest absolute Gasteiger partial charge is 0.264 e. The average molecular weight is 494 g/mol. The van der Waals surface area contributed by atoms with Gasteiger partial charge >= 0.3 is 0 Å².